The zero-order chi connectivity index (χ0) is 31.0. The van der Waals surface area contributed by atoms with Gasteiger partial charge in [0.1, 0.15) is 18.3 Å². The Kier molecular flexibility index (Phi) is 7.38. The van der Waals surface area contributed by atoms with E-state index in [1.54, 1.807) is 44.2 Å². The molecule has 1 heterocycles. The number of fused-ring (bicyclic) bond motifs is 4. The minimum absolute atomic E-state index is 0.0281. The van der Waals surface area contributed by atoms with Crippen molar-refractivity contribution in [1.82, 2.24) is 0 Å². The number of hydrogen-bond acceptors (Lipinski definition) is 11. The first-order valence-electron chi connectivity index (χ1n) is 14.2. The topological polar surface area (TPSA) is 169 Å². The maximum atomic E-state index is 13.5. The van der Waals surface area contributed by atoms with Crippen LogP contribution in [0.3, 0.4) is 0 Å². The van der Waals surface area contributed by atoms with Crippen LogP contribution in [0.2, 0.25) is 0 Å². The number of aliphatic hydroxyl groups is 4. The fourth-order valence-corrected chi connectivity index (χ4v) is 8.27. The zero-order valence-electron chi connectivity index (χ0n) is 24.7. The van der Waals surface area contributed by atoms with Gasteiger partial charge in [0.05, 0.1) is 41.3 Å². The van der Waals surface area contributed by atoms with Crippen LogP contribution in [-0.2, 0) is 28.5 Å². The molecule has 0 bridgehead atoms. The van der Waals surface area contributed by atoms with Crippen molar-refractivity contribution >= 4 is 17.9 Å². The van der Waals surface area contributed by atoms with Gasteiger partial charge in [-0.15, -0.1) is 0 Å². The van der Waals surface area contributed by atoms with E-state index in [0.717, 1.165) is 0 Å². The molecule has 5 rings (SSSR count). The summed E-state index contributed by atoms with van der Waals surface area (Å²) in [4.78, 5) is 38.9. The van der Waals surface area contributed by atoms with Gasteiger partial charge in [0.25, 0.3) is 0 Å². The fraction of sp³-hybridized carbons (Fsp3) is 0.645. The maximum Gasteiger partial charge on any atom is 0.338 e. The van der Waals surface area contributed by atoms with Crippen molar-refractivity contribution in [2.75, 3.05) is 6.61 Å². The summed E-state index contributed by atoms with van der Waals surface area (Å²) in [7, 11) is 0. The van der Waals surface area contributed by atoms with Crippen LogP contribution < -0.4 is 0 Å². The Bertz CT molecular complexity index is 1300. The van der Waals surface area contributed by atoms with Crippen molar-refractivity contribution in [2.24, 2.45) is 16.7 Å². The van der Waals surface area contributed by atoms with E-state index in [2.05, 4.69) is 0 Å². The second-order valence-electron chi connectivity index (χ2n) is 13.0. The van der Waals surface area contributed by atoms with E-state index in [4.69, 9.17) is 18.9 Å². The van der Waals surface area contributed by atoms with E-state index >= 15 is 0 Å². The number of rotatable bonds is 5. The summed E-state index contributed by atoms with van der Waals surface area (Å²) in [5.41, 5.74) is -5.78. The second kappa shape index (κ2) is 10.1. The predicted octanol–water partition coefficient (Wildman–Crippen LogP) is 1.44. The third kappa shape index (κ3) is 4.16. The van der Waals surface area contributed by atoms with Crippen LogP contribution in [0, 0.1) is 16.7 Å². The normalized spacial score (nSPS) is 41.0. The standard InChI is InChI=1S/C31H40O11/c1-15-19(34)13-30(28(4,5)38)22(15)23(41-27(37)18-10-8-7-9-11-18)25(36)29(6)20(35)12-21-31(14-39-21,42-17(3)33)24(29)26(30)40-16(2)32/h7-11,19-21,23-26,34-36,38H,12-14H2,1-6H3/t19-,20-,21+,23+,24-,25-,26-,29+,30+,31-/m0/s1. The molecule has 0 amide bonds. The maximum absolute atomic E-state index is 13.5. The molecule has 10 atom stereocenters. The number of hydrogen-bond donors (Lipinski definition) is 4. The molecule has 1 aromatic rings. The molecule has 2 saturated carbocycles. The van der Waals surface area contributed by atoms with Crippen LogP contribution in [0.5, 0.6) is 0 Å². The summed E-state index contributed by atoms with van der Waals surface area (Å²) >= 11 is 0. The summed E-state index contributed by atoms with van der Waals surface area (Å²) in [6, 6.07) is 8.14. The largest absolute Gasteiger partial charge is 0.461 e. The molecule has 230 valence electrons. The molecule has 0 aromatic heterocycles. The molecule has 3 fully saturated rings. The lowest BCUT2D eigenvalue weighted by Gasteiger charge is -2.65. The SMILES string of the molecule is CC(=O)O[C@H]1[C@@H]2[C@]3(OC(C)=O)CO[C@@H]3C[C@H](O)[C@@]2(C)[C@@H](O)[C@H](OC(=O)c2ccccc2)C2=C(C)[C@@H](O)C[C@@]21C(C)(C)O. The Labute approximate surface area is 244 Å². The van der Waals surface area contributed by atoms with E-state index in [1.165, 1.54) is 27.7 Å². The van der Waals surface area contributed by atoms with Gasteiger partial charge in [-0.3, -0.25) is 9.59 Å². The highest BCUT2D eigenvalue weighted by atomic mass is 16.6. The molecule has 1 saturated heterocycles. The summed E-state index contributed by atoms with van der Waals surface area (Å²) in [5, 5.41) is 47.4. The highest BCUT2D eigenvalue weighted by Gasteiger charge is 2.79. The van der Waals surface area contributed by atoms with E-state index in [-0.39, 0.29) is 30.6 Å². The quantitative estimate of drug-likeness (QED) is 0.223. The highest BCUT2D eigenvalue weighted by molar-refractivity contribution is 5.89. The Hall–Kier alpha value is -2.83. The van der Waals surface area contributed by atoms with E-state index in [0.29, 0.717) is 5.57 Å². The molecule has 0 spiro atoms. The zero-order valence-corrected chi connectivity index (χ0v) is 24.7. The van der Waals surface area contributed by atoms with Gasteiger partial charge in [-0.25, -0.2) is 4.79 Å². The number of carbonyl (C=O) groups is 3. The number of benzene rings is 1. The van der Waals surface area contributed by atoms with Gasteiger partial charge in [-0.05, 0) is 50.5 Å². The lowest BCUT2D eigenvalue weighted by Crippen LogP contribution is -2.78. The number of esters is 3. The molecule has 0 radical (unpaired) electrons. The molecule has 0 unspecified atom stereocenters. The van der Waals surface area contributed by atoms with Crippen molar-refractivity contribution in [3.63, 3.8) is 0 Å². The molecule has 1 aromatic carbocycles. The van der Waals surface area contributed by atoms with Crippen LogP contribution in [0.15, 0.2) is 41.5 Å². The molecule has 4 aliphatic rings. The highest BCUT2D eigenvalue weighted by Crippen LogP contribution is 2.68. The first-order valence-corrected chi connectivity index (χ1v) is 14.2. The third-order valence-corrected chi connectivity index (χ3v) is 10.3. The van der Waals surface area contributed by atoms with Crippen molar-refractivity contribution in [3.8, 4) is 0 Å². The second-order valence-corrected chi connectivity index (χ2v) is 13.0. The molecular formula is C31H40O11. The first-order chi connectivity index (χ1) is 19.5. The molecule has 42 heavy (non-hydrogen) atoms. The predicted molar refractivity (Wildman–Crippen MR) is 146 cm³/mol. The average molecular weight is 589 g/mol. The summed E-state index contributed by atoms with van der Waals surface area (Å²) < 4.78 is 23.9. The van der Waals surface area contributed by atoms with Gasteiger partial charge in [-0.1, -0.05) is 25.1 Å². The van der Waals surface area contributed by atoms with Crippen molar-refractivity contribution in [3.05, 3.63) is 47.0 Å². The lowest BCUT2D eigenvalue weighted by molar-refractivity contribution is -0.352. The monoisotopic (exact) mass is 588 g/mol. The Morgan fingerprint density at radius 2 is 1.67 bits per heavy atom. The van der Waals surface area contributed by atoms with Crippen LogP contribution in [0.1, 0.15) is 64.7 Å². The summed E-state index contributed by atoms with van der Waals surface area (Å²) in [5.74, 6) is -3.31. The van der Waals surface area contributed by atoms with Gasteiger partial charge < -0.3 is 39.4 Å². The average Bonchev–Trinajstić information content (AvgIpc) is 3.14. The van der Waals surface area contributed by atoms with Crippen LogP contribution >= 0.6 is 0 Å². The van der Waals surface area contributed by atoms with Gasteiger partial charge >= 0.3 is 17.9 Å². The smallest absolute Gasteiger partial charge is 0.338 e. The molecule has 11 nitrogen and oxygen atoms in total. The lowest BCUT2D eigenvalue weighted by atomic mass is 9.49. The van der Waals surface area contributed by atoms with Gasteiger partial charge in [0, 0.05) is 25.7 Å². The minimum Gasteiger partial charge on any atom is -0.461 e. The van der Waals surface area contributed by atoms with Gasteiger partial charge in [0.2, 0.25) is 0 Å². The van der Waals surface area contributed by atoms with Crippen LogP contribution in [0.4, 0.5) is 0 Å². The number of aliphatic hydroxyl groups excluding tert-OH is 3. The van der Waals surface area contributed by atoms with E-state index < -0.39 is 82.5 Å². The van der Waals surface area contributed by atoms with Crippen LogP contribution in [-0.4, -0.2) is 92.8 Å². The molecular weight excluding hydrogens is 548 g/mol. The Balaban J connectivity index is 1.83. The van der Waals surface area contributed by atoms with Crippen LogP contribution in [0.25, 0.3) is 0 Å². The number of ether oxygens (including phenoxy) is 4. The molecule has 11 heteroatoms. The van der Waals surface area contributed by atoms with Crippen molar-refractivity contribution < 1.29 is 53.8 Å². The van der Waals surface area contributed by atoms with Gasteiger partial charge in [0.15, 0.2) is 11.7 Å². The number of carbonyl (C=O) groups excluding carboxylic acids is 3. The first kappa shape index (κ1) is 30.6. The minimum atomic E-state index is -1.76. The molecule has 1 aliphatic heterocycles. The molecule has 4 N–H and O–H groups in total. The van der Waals surface area contributed by atoms with Gasteiger partial charge in [-0.2, -0.15) is 0 Å². The Morgan fingerprint density at radius 1 is 1.02 bits per heavy atom. The third-order valence-electron chi connectivity index (χ3n) is 10.3. The van der Waals surface area contributed by atoms with Crippen molar-refractivity contribution in [2.45, 2.75) is 102 Å². The summed E-state index contributed by atoms with van der Waals surface area (Å²) in [6.07, 6.45) is -7.96. The fourth-order valence-electron chi connectivity index (χ4n) is 8.27. The van der Waals surface area contributed by atoms with Crippen molar-refractivity contribution in [1.29, 1.82) is 0 Å². The molecule has 3 aliphatic carbocycles. The van der Waals surface area contributed by atoms with E-state index in [9.17, 15) is 34.8 Å². The summed E-state index contributed by atoms with van der Waals surface area (Å²) in [6.45, 7) is 8.48. The van der Waals surface area contributed by atoms with E-state index in [1.807, 2.05) is 0 Å². The Morgan fingerprint density at radius 3 is 2.19 bits per heavy atom.